The number of H-pyrrole nitrogens is 1. The van der Waals surface area contributed by atoms with Crippen molar-refractivity contribution in [3.8, 4) is 28.5 Å². The van der Waals surface area contributed by atoms with E-state index in [0.29, 0.717) is 41.4 Å². The average Bonchev–Trinajstić information content (AvgIpc) is 3.24. The summed E-state index contributed by atoms with van der Waals surface area (Å²) in [6, 6.07) is 12.7. The number of ether oxygens (including phenoxy) is 2. The Morgan fingerprint density at radius 1 is 1.07 bits per heavy atom. The number of hydrogen-bond acceptors (Lipinski definition) is 5. The number of aromatic amines is 1. The third-order valence-corrected chi connectivity index (χ3v) is 4.71. The molecule has 0 spiro atoms. The van der Waals surface area contributed by atoms with Gasteiger partial charge in [0.15, 0.2) is 11.5 Å². The zero-order valence-electron chi connectivity index (χ0n) is 16.8. The first-order chi connectivity index (χ1) is 14.0. The van der Waals surface area contributed by atoms with E-state index in [9.17, 15) is 9.90 Å². The maximum atomic E-state index is 12.4. The van der Waals surface area contributed by atoms with Crippen molar-refractivity contribution >= 4 is 5.91 Å². The number of benzene rings is 2. The van der Waals surface area contributed by atoms with Gasteiger partial charge >= 0.3 is 0 Å². The van der Waals surface area contributed by atoms with Crippen LogP contribution in [0.5, 0.6) is 17.2 Å². The smallest absolute Gasteiger partial charge is 0.269 e. The van der Waals surface area contributed by atoms with E-state index < -0.39 is 0 Å². The molecule has 0 atom stereocenters. The fourth-order valence-corrected chi connectivity index (χ4v) is 3.04. The Hall–Kier alpha value is -3.48. The number of aromatic hydroxyl groups is 1. The van der Waals surface area contributed by atoms with Gasteiger partial charge in [0, 0.05) is 12.1 Å². The highest BCUT2D eigenvalue weighted by molar-refractivity contribution is 5.93. The van der Waals surface area contributed by atoms with Gasteiger partial charge in [-0.3, -0.25) is 9.89 Å². The van der Waals surface area contributed by atoms with Gasteiger partial charge in [0.1, 0.15) is 11.4 Å². The van der Waals surface area contributed by atoms with Crippen LogP contribution in [0.2, 0.25) is 0 Å². The highest BCUT2D eigenvalue weighted by Gasteiger charge is 2.14. The molecule has 0 unspecified atom stereocenters. The van der Waals surface area contributed by atoms with Crippen LogP contribution in [0.4, 0.5) is 0 Å². The van der Waals surface area contributed by atoms with Crippen molar-refractivity contribution in [2.24, 2.45) is 0 Å². The maximum absolute atomic E-state index is 12.4. The number of aromatic nitrogens is 2. The van der Waals surface area contributed by atoms with Gasteiger partial charge in [-0.2, -0.15) is 5.10 Å². The molecule has 1 aromatic heterocycles. The number of phenolic OH excluding ortho intramolecular Hbond substituents is 1. The molecule has 29 heavy (non-hydrogen) atoms. The van der Waals surface area contributed by atoms with Crippen LogP contribution in [-0.4, -0.2) is 42.0 Å². The third kappa shape index (κ3) is 4.68. The lowest BCUT2D eigenvalue weighted by atomic mass is 10.1. The molecule has 0 saturated heterocycles. The van der Waals surface area contributed by atoms with Crippen molar-refractivity contribution in [1.29, 1.82) is 0 Å². The van der Waals surface area contributed by atoms with Gasteiger partial charge in [0.2, 0.25) is 0 Å². The van der Waals surface area contributed by atoms with Crippen molar-refractivity contribution < 1.29 is 19.4 Å². The molecule has 3 rings (SSSR count). The second-order valence-electron chi connectivity index (χ2n) is 6.57. The first-order valence-corrected chi connectivity index (χ1v) is 9.42. The Kier molecular flexibility index (Phi) is 6.39. The van der Waals surface area contributed by atoms with Gasteiger partial charge < -0.3 is 19.9 Å². The monoisotopic (exact) mass is 395 g/mol. The number of nitrogens with one attached hydrogen (secondary N) is 2. The fraction of sp³-hybridized carbons (Fsp3) is 0.273. The minimum Gasteiger partial charge on any atom is -0.507 e. The van der Waals surface area contributed by atoms with E-state index in [1.807, 2.05) is 37.3 Å². The molecule has 2 aromatic carbocycles. The number of nitrogens with zero attached hydrogens (tertiary/aromatic N) is 1. The van der Waals surface area contributed by atoms with E-state index in [4.69, 9.17) is 9.47 Å². The number of aryl methyl sites for hydroxylation is 1. The van der Waals surface area contributed by atoms with Crippen LogP contribution in [0.25, 0.3) is 11.3 Å². The summed E-state index contributed by atoms with van der Waals surface area (Å²) in [5.74, 6) is 1.20. The van der Waals surface area contributed by atoms with Gasteiger partial charge in [-0.1, -0.05) is 19.1 Å². The van der Waals surface area contributed by atoms with E-state index in [2.05, 4.69) is 15.5 Å². The van der Waals surface area contributed by atoms with E-state index in [0.717, 1.165) is 17.5 Å². The van der Waals surface area contributed by atoms with Crippen molar-refractivity contribution in [1.82, 2.24) is 15.5 Å². The molecule has 7 nitrogen and oxygen atoms in total. The summed E-state index contributed by atoms with van der Waals surface area (Å²) in [7, 11) is 3.18. The second-order valence-corrected chi connectivity index (χ2v) is 6.57. The van der Waals surface area contributed by atoms with Crippen molar-refractivity contribution in [3.05, 3.63) is 59.3 Å². The molecule has 0 radical (unpaired) electrons. The Balaban J connectivity index is 1.63. The van der Waals surface area contributed by atoms with Gasteiger partial charge in [-0.05, 0) is 54.3 Å². The largest absolute Gasteiger partial charge is 0.507 e. The van der Waals surface area contributed by atoms with Crippen molar-refractivity contribution in [2.75, 3.05) is 20.8 Å². The van der Waals surface area contributed by atoms with E-state index in [1.54, 1.807) is 26.4 Å². The van der Waals surface area contributed by atoms with Crippen LogP contribution in [0.1, 0.15) is 28.5 Å². The molecule has 0 aliphatic heterocycles. The number of amides is 1. The fourth-order valence-electron chi connectivity index (χ4n) is 3.04. The average molecular weight is 395 g/mol. The topological polar surface area (TPSA) is 96.5 Å². The molecule has 0 aliphatic rings. The zero-order chi connectivity index (χ0) is 20.8. The second kappa shape index (κ2) is 9.14. The molecule has 1 heterocycles. The summed E-state index contributed by atoms with van der Waals surface area (Å²) >= 11 is 0. The lowest BCUT2D eigenvalue weighted by molar-refractivity contribution is 0.0949. The standard InChI is InChI=1S/C22H25N3O4/c1-4-14-5-7-19(26)16(11-14)17-13-18(25-24-17)22(27)23-10-9-15-6-8-20(28-2)21(12-15)29-3/h5-8,11-13,26H,4,9-10H2,1-3H3,(H,23,27)(H,24,25). The van der Waals surface area contributed by atoms with Crippen LogP contribution in [0.3, 0.4) is 0 Å². The third-order valence-electron chi connectivity index (χ3n) is 4.71. The highest BCUT2D eigenvalue weighted by atomic mass is 16.5. The predicted octanol–water partition coefficient (Wildman–Crippen LogP) is 3.33. The predicted molar refractivity (Wildman–Crippen MR) is 111 cm³/mol. The Bertz CT molecular complexity index is 997. The zero-order valence-corrected chi connectivity index (χ0v) is 16.8. The Morgan fingerprint density at radius 2 is 1.83 bits per heavy atom. The first kappa shape index (κ1) is 20.3. The van der Waals surface area contributed by atoms with E-state index in [-0.39, 0.29) is 11.7 Å². The number of carbonyl (C=O) groups is 1. The molecule has 152 valence electrons. The molecule has 3 aromatic rings. The SMILES string of the molecule is CCc1ccc(O)c(-c2cc(C(=O)NCCc3ccc(OC)c(OC)c3)[nH]n2)c1. The van der Waals surface area contributed by atoms with Crippen LogP contribution < -0.4 is 14.8 Å². The summed E-state index contributed by atoms with van der Waals surface area (Å²) in [5, 5.41) is 19.9. The number of rotatable bonds is 8. The number of carbonyl (C=O) groups excluding carboxylic acids is 1. The Morgan fingerprint density at radius 3 is 2.55 bits per heavy atom. The Labute approximate surface area is 169 Å². The van der Waals surface area contributed by atoms with Gasteiger partial charge in [0.25, 0.3) is 5.91 Å². The lowest BCUT2D eigenvalue weighted by Gasteiger charge is -2.10. The van der Waals surface area contributed by atoms with Crippen LogP contribution in [0.15, 0.2) is 42.5 Å². The summed E-state index contributed by atoms with van der Waals surface area (Å²) in [4.78, 5) is 12.4. The van der Waals surface area contributed by atoms with Crippen molar-refractivity contribution in [3.63, 3.8) is 0 Å². The van der Waals surface area contributed by atoms with E-state index >= 15 is 0 Å². The summed E-state index contributed by atoms with van der Waals surface area (Å²) in [6.07, 6.45) is 1.49. The number of methoxy groups -OCH3 is 2. The van der Waals surface area contributed by atoms with Crippen LogP contribution >= 0.6 is 0 Å². The highest BCUT2D eigenvalue weighted by Crippen LogP contribution is 2.29. The molecule has 0 saturated carbocycles. The van der Waals surface area contributed by atoms with Gasteiger partial charge in [-0.25, -0.2) is 0 Å². The minimum absolute atomic E-state index is 0.133. The summed E-state index contributed by atoms with van der Waals surface area (Å²) in [5.41, 5.74) is 3.58. The number of phenols is 1. The normalized spacial score (nSPS) is 10.6. The molecule has 0 bridgehead atoms. The van der Waals surface area contributed by atoms with Crippen LogP contribution in [0, 0.1) is 0 Å². The molecule has 0 fully saturated rings. The van der Waals surface area contributed by atoms with Gasteiger partial charge in [0.05, 0.1) is 19.9 Å². The quantitative estimate of drug-likeness (QED) is 0.544. The maximum Gasteiger partial charge on any atom is 0.269 e. The van der Waals surface area contributed by atoms with Crippen LogP contribution in [-0.2, 0) is 12.8 Å². The molecule has 1 amide bonds. The molecule has 3 N–H and O–H groups in total. The minimum atomic E-state index is -0.254. The number of hydrogen-bond donors (Lipinski definition) is 3. The molecule has 7 heteroatoms. The summed E-state index contributed by atoms with van der Waals surface area (Å²) < 4.78 is 10.5. The first-order valence-electron chi connectivity index (χ1n) is 9.42. The van der Waals surface area contributed by atoms with E-state index in [1.165, 1.54) is 0 Å². The molecule has 0 aliphatic carbocycles. The molecular formula is C22H25N3O4. The van der Waals surface area contributed by atoms with Crippen molar-refractivity contribution in [2.45, 2.75) is 19.8 Å². The van der Waals surface area contributed by atoms with Gasteiger partial charge in [-0.15, -0.1) is 0 Å². The molecular weight excluding hydrogens is 370 g/mol. The summed E-state index contributed by atoms with van der Waals surface area (Å²) in [6.45, 7) is 2.50. The lowest BCUT2D eigenvalue weighted by Crippen LogP contribution is -2.26.